The number of aromatic nitrogens is 3. The Morgan fingerprint density at radius 2 is 1.41 bits per heavy atom. The SMILES string of the molecule is O=C1Cc2c(c(C3CCN(c4cccc(C(F)(F)F)n4)CC3)nn2C(c2ccccc2)c2ccccc2)[C@@H](C(F)(F)F)[C@H]1O. The highest BCUT2D eigenvalue weighted by atomic mass is 19.4. The number of carbonyl (C=O) groups excluding carboxylic acids is 1. The number of carbonyl (C=O) groups is 1. The molecule has 0 spiro atoms. The fourth-order valence-electron chi connectivity index (χ4n) is 6.37. The van der Waals surface area contributed by atoms with Gasteiger partial charge in [-0.2, -0.15) is 31.4 Å². The third kappa shape index (κ3) is 5.58. The first-order valence-corrected chi connectivity index (χ1v) is 14.2. The van der Waals surface area contributed by atoms with Gasteiger partial charge in [-0.25, -0.2) is 4.98 Å². The Morgan fingerprint density at radius 1 is 0.818 bits per heavy atom. The van der Waals surface area contributed by atoms with Gasteiger partial charge in [0.25, 0.3) is 0 Å². The van der Waals surface area contributed by atoms with Crippen molar-refractivity contribution in [2.45, 2.75) is 55.6 Å². The van der Waals surface area contributed by atoms with E-state index in [0.717, 1.165) is 17.2 Å². The lowest BCUT2D eigenvalue weighted by atomic mass is 9.78. The number of piperidine rings is 1. The molecule has 0 bridgehead atoms. The van der Waals surface area contributed by atoms with E-state index < -0.39 is 54.2 Å². The number of rotatable bonds is 5. The number of ketones is 1. The van der Waals surface area contributed by atoms with E-state index in [1.165, 1.54) is 16.8 Å². The molecule has 0 amide bonds. The van der Waals surface area contributed by atoms with E-state index in [2.05, 4.69) is 4.98 Å². The molecule has 3 heterocycles. The van der Waals surface area contributed by atoms with Gasteiger partial charge in [-0.3, -0.25) is 9.48 Å². The van der Waals surface area contributed by atoms with Gasteiger partial charge in [0, 0.05) is 24.6 Å². The number of nitrogens with zero attached hydrogens (tertiary/aromatic N) is 4. The van der Waals surface area contributed by atoms with Gasteiger partial charge in [0.1, 0.15) is 29.6 Å². The van der Waals surface area contributed by atoms with Crippen molar-refractivity contribution in [3.8, 4) is 0 Å². The maximum absolute atomic E-state index is 14.6. The van der Waals surface area contributed by atoms with E-state index in [9.17, 15) is 36.2 Å². The molecule has 12 heteroatoms. The summed E-state index contributed by atoms with van der Waals surface area (Å²) in [5.74, 6) is -3.74. The van der Waals surface area contributed by atoms with Gasteiger partial charge < -0.3 is 10.0 Å². The Balaban J connectivity index is 1.44. The molecule has 2 aliphatic rings. The van der Waals surface area contributed by atoms with E-state index in [4.69, 9.17) is 5.10 Å². The van der Waals surface area contributed by atoms with Gasteiger partial charge >= 0.3 is 12.4 Å². The fourth-order valence-corrected chi connectivity index (χ4v) is 6.37. The molecule has 6 rings (SSSR count). The molecule has 0 saturated carbocycles. The van der Waals surface area contributed by atoms with Crippen molar-refractivity contribution in [3.63, 3.8) is 0 Å². The largest absolute Gasteiger partial charge is 0.433 e. The van der Waals surface area contributed by atoms with Crippen LogP contribution in [-0.4, -0.2) is 51.0 Å². The molecule has 0 unspecified atom stereocenters. The topological polar surface area (TPSA) is 71.2 Å². The van der Waals surface area contributed by atoms with Crippen LogP contribution in [0.25, 0.3) is 0 Å². The Labute approximate surface area is 249 Å². The van der Waals surface area contributed by atoms with Crippen molar-refractivity contribution in [1.29, 1.82) is 0 Å². The summed E-state index contributed by atoms with van der Waals surface area (Å²) >= 11 is 0. The summed E-state index contributed by atoms with van der Waals surface area (Å²) in [5.41, 5.74) is 0.563. The Bertz CT molecular complexity index is 1590. The second kappa shape index (κ2) is 11.4. The van der Waals surface area contributed by atoms with Crippen LogP contribution >= 0.6 is 0 Å². The Hall–Kier alpha value is -4.19. The maximum atomic E-state index is 14.6. The molecule has 1 aliphatic heterocycles. The van der Waals surface area contributed by atoms with Crippen LogP contribution in [0, 0.1) is 0 Å². The van der Waals surface area contributed by atoms with Crippen LogP contribution in [0.1, 0.15) is 64.5 Å². The number of benzene rings is 2. The van der Waals surface area contributed by atoms with Crippen LogP contribution in [-0.2, 0) is 17.4 Å². The Kier molecular flexibility index (Phi) is 7.73. The maximum Gasteiger partial charge on any atom is 0.433 e. The minimum absolute atomic E-state index is 0.109. The number of hydrogen-bond donors (Lipinski definition) is 1. The summed E-state index contributed by atoms with van der Waals surface area (Å²) in [4.78, 5) is 18.3. The van der Waals surface area contributed by atoms with E-state index in [1.54, 1.807) is 4.90 Å². The number of aliphatic hydroxyl groups excluding tert-OH is 1. The first kappa shape index (κ1) is 29.9. The molecular weight excluding hydrogens is 586 g/mol. The zero-order chi connectivity index (χ0) is 31.2. The average Bonchev–Trinajstić information content (AvgIpc) is 3.35. The zero-order valence-corrected chi connectivity index (χ0v) is 23.3. The minimum atomic E-state index is -4.93. The minimum Gasteiger partial charge on any atom is -0.384 e. The molecule has 4 aromatic rings. The van der Waals surface area contributed by atoms with Crippen LogP contribution in [0.15, 0.2) is 78.9 Å². The van der Waals surface area contributed by atoms with Crippen LogP contribution in [0.2, 0.25) is 0 Å². The average molecular weight is 615 g/mol. The molecule has 230 valence electrons. The van der Waals surface area contributed by atoms with E-state index >= 15 is 0 Å². The molecular formula is C32H28F6N4O2. The second-order valence-electron chi connectivity index (χ2n) is 11.2. The second-order valence-corrected chi connectivity index (χ2v) is 11.2. The predicted molar refractivity (Wildman–Crippen MR) is 149 cm³/mol. The molecule has 44 heavy (non-hydrogen) atoms. The summed E-state index contributed by atoms with van der Waals surface area (Å²) in [5, 5.41) is 15.4. The first-order valence-electron chi connectivity index (χ1n) is 14.2. The highest BCUT2D eigenvalue weighted by molar-refractivity contribution is 5.88. The lowest BCUT2D eigenvalue weighted by Gasteiger charge is -2.34. The van der Waals surface area contributed by atoms with Crippen LogP contribution in [0.4, 0.5) is 32.2 Å². The third-order valence-electron chi connectivity index (χ3n) is 8.44. The summed E-state index contributed by atoms with van der Waals surface area (Å²) in [6.45, 7) is 0.471. The van der Waals surface area contributed by atoms with E-state index in [-0.39, 0.29) is 48.7 Å². The number of aliphatic hydroxyl groups is 1. The van der Waals surface area contributed by atoms with Crippen molar-refractivity contribution >= 4 is 11.6 Å². The smallest absolute Gasteiger partial charge is 0.384 e. The molecule has 2 atom stereocenters. The third-order valence-corrected chi connectivity index (χ3v) is 8.44. The number of Topliss-reactive ketones (excluding diaryl/α,β-unsaturated/α-hetero) is 1. The summed E-state index contributed by atoms with van der Waals surface area (Å²) < 4.78 is 85.1. The molecule has 1 N–H and O–H groups in total. The van der Waals surface area contributed by atoms with Crippen LogP contribution < -0.4 is 4.90 Å². The van der Waals surface area contributed by atoms with E-state index in [0.29, 0.717) is 0 Å². The molecule has 1 saturated heterocycles. The number of hydrogen-bond acceptors (Lipinski definition) is 5. The number of alkyl halides is 6. The Morgan fingerprint density at radius 3 is 1.95 bits per heavy atom. The van der Waals surface area contributed by atoms with Crippen LogP contribution in [0.5, 0.6) is 0 Å². The number of anilines is 1. The highest BCUT2D eigenvalue weighted by Gasteiger charge is 2.54. The van der Waals surface area contributed by atoms with Crippen LogP contribution in [0.3, 0.4) is 0 Å². The monoisotopic (exact) mass is 614 g/mol. The molecule has 2 aromatic carbocycles. The normalized spacial score (nSPS) is 19.8. The van der Waals surface area contributed by atoms with Crippen molar-refractivity contribution < 1.29 is 36.2 Å². The fraction of sp³-hybridized carbons (Fsp3) is 0.344. The summed E-state index contributed by atoms with van der Waals surface area (Å²) in [6, 6.07) is 21.2. The standard InChI is InChI=1S/C32H28F6N4O2/c33-31(34,35)24-12-7-13-25(39-24)41-16-14-19(15-17-41)28-26-22(18-23(43)30(44)27(26)32(36,37)38)42(40-28)29(20-8-3-1-4-9-20)21-10-5-2-6-11-21/h1-13,19,27,29-30,44H,14-18H2/t27-,30+/m1/s1. The summed E-state index contributed by atoms with van der Waals surface area (Å²) in [6.07, 6.45) is -11.6. The quantitative estimate of drug-likeness (QED) is 0.262. The van der Waals surface area contributed by atoms with Gasteiger partial charge in [0.15, 0.2) is 5.78 Å². The molecule has 6 nitrogen and oxygen atoms in total. The van der Waals surface area contributed by atoms with Crippen molar-refractivity contribution in [3.05, 3.63) is 113 Å². The first-order chi connectivity index (χ1) is 20.9. The van der Waals surface area contributed by atoms with Crippen molar-refractivity contribution in [2.75, 3.05) is 18.0 Å². The lowest BCUT2D eigenvalue weighted by molar-refractivity contribution is -0.179. The van der Waals surface area contributed by atoms with Gasteiger partial charge in [0.2, 0.25) is 0 Å². The summed E-state index contributed by atoms with van der Waals surface area (Å²) in [7, 11) is 0. The van der Waals surface area contributed by atoms with Gasteiger partial charge in [-0.1, -0.05) is 66.7 Å². The van der Waals surface area contributed by atoms with Gasteiger partial charge in [-0.15, -0.1) is 0 Å². The lowest BCUT2D eigenvalue weighted by Crippen LogP contribution is -2.43. The van der Waals surface area contributed by atoms with Crippen molar-refractivity contribution in [2.24, 2.45) is 0 Å². The predicted octanol–water partition coefficient (Wildman–Crippen LogP) is 6.45. The molecule has 2 aromatic heterocycles. The highest BCUT2D eigenvalue weighted by Crippen LogP contribution is 2.48. The number of halogens is 6. The number of fused-ring (bicyclic) bond motifs is 1. The molecule has 0 radical (unpaired) electrons. The molecule has 1 fully saturated rings. The molecule has 1 aliphatic carbocycles. The van der Waals surface area contributed by atoms with Gasteiger partial charge in [0.05, 0.1) is 17.8 Å². The number of pyridine rings is 1. The van der Waals surface area contributed by atoms with Crippen molar-refractivity contribution in [1.82, 2.24) is 14.8 Å². The van der Waals surface area contributed by atoms with Gasteiger partial charge in [-0.05, 0) is 36.1 Å². The van der Waals surface area contributed by atoms with E-state index in [1.807, 2.05) is 60.7 Å². The zero-order valence-electron chi connectivity index (χ0n) is 23.3.